The Hall–Kier alpha value is -2.31. The Morgan fingerprint density at radius 1 is 1.21 bits per heavy atom. The van der Waals surface area contributed by atoms with Crippen LogP contribution in [-0.2, 0) is 6.54 Å². The van der Waals surface area contributed by atoms with E-state index < -0.39 is 0 Å². The van der Waals surface area contributed by atoms with Crippen molar-refractivity contribution in [3.8, 4) is 11.5 Å². The number of carbonyl (C=O) groups excluding carboxylic acids is 1. The number of hydrogen-bond donors (Lipinski definition) is 1. The molecule has 0 aliphatic carbocycles. The van der Waals surface area contributed by atoms with Gasteiger partial charge in [-0.1, -0.05) is 6.07 Å². The van der Waals surface area contributed by atoms with Gasteiger partial charge in [0.1, 0.15) is 0 Å². The third kappa shape index (κ3) is 6.08. The van der Waals surface area contributed by atoms with E-state index in [9.17, 15) is 4.79 Å². The number of methoxy groups -OCH3 is 1. The summed E-state index contributed by atoms with van der Waals surface area (Å²) in [5, 5.41) is 3.42. The molecule has 3 rings (SSSR count). The molecule has 1 aromatic carbocycles. The van der Waals surface area contributed by atoms with Crippen molar-refractivity contribution in [3.05, 3.63) is 53.9 Å². The van der Waals surface area contributed by atoms with Crippen LogP contribution in [0.3, 0.4) is 0 Å². The topological polar surface area (TPSA) is 63.7 Å². The van der Waals surface area contributed by atoms with Crippen molar-refractivity contribution in [2.24, 2.45) is 0 Å². The second kappa shape index (κ2) is 11.6. The predicted molar refractivity (Wildman–Crippen MR) is 116 cm³/mol. The van der Waals surface area contributed by atoms with E-state index in [0.717, 1.165) is 38.0 Å². The fraction of sp³-hybridized carbons (Fsp3) is 0.455. The molecule has 29 heavy (non-hydrogen) atoms. The van der Waals surface area contributed by atoms with E-state index >= 15 is 0 Å². The number of pyridine rings is 1. The molecule has 7 heteroatoms. The number of nitrogens with one attached hydrogen (secondary N) is 1. The van der Waals surface area contributed by atoms with Crippen LogP contribution < -0.4 is 14.8 Å². The third-order valence-electron chi connectivity index (χ3n) is 5.02. The van der Waals surface area contributed by atoms with Crippen molar-refractivity contribution in [1.82, 2.24) is 15.2 Å². The van der Waals surface area contributed by atoms with Gasteiger partial charge in [-0.2, -0.15) is 0 Å². The molecule has 158 valence electrons. The quantitative estimate of drug-likeness (QED) is 0.741. The predicted octanol–water partition coefficient (Wildman–Crippen LogP) is 3.70. The number of aromatic nitrogens is 1. The Labute approximate surface area is 179 Å². The van der Waals surface area contributed by atoms with E-state index in [0.29, 0.717) is 30.2 Å². The second-order valence-corrected chi connectivity index (χ2v) is 6.89. The average molecular weight is 420 g/mol. The highest BCUT2D eigenvalue weighted by Gasteiger charge is 2.26. The number of halogens is 1. The Kier molecular flexibility index (Phi) is 9.22. The maximum Gasteiger partial charge on any atom is 0.254 e. The normalized spacial score (nSPS) is 16.3. The minimum Gasteiger partial charge on any atom is -0.493 e. The molecule has 2 heterocycles. The zero-order valence-corrected chi connectivity index (χ0v) is 17.9. The van der Waals surface area contributed by atoms with Crippen LogP contribution in [0.2, 0.25) is 0 Å². The first-order valence-electron chi connectivity index (χ1n) is 9.95. The van der Waals surface area contributed by atoms with E-state index in [4.69, 9.17) is 9.47 Å². The third-order valence-corrected chi connectivity index (χ3v) is 5.02. The van der Waals surface area contributed by atoms with E-state index in [2.05, 4.69) is 10.3 Å². The van der Waals surface area contributed by atoms with Crippen LogP contribution in [-0.4, -0.2) is 48.6 Å². The highest BCUT2D eigenvalue weighted by Crippen LogP contribution is 2.29. The van der Waals surface area contributed by atoms with Gasteiger partial charge in [-0.15, -0.1) is 12.4 Å². The van der Waals surface area contributed by atoms with Crippen molar-refractivity contribution in [1.29, 1.82) is 0 Å². The summed E-state index contributed by atoms with van der Waals surface area (Å²) >= 11 is 0. The minimum absolute atomic E-state index is 0. The van der Waals surface area contributed by atoms with Gasteiger partial charge in [0.05, 0.1) is 26.0 Å². The molecule has 1 N–H and O–H groups in total. The Morgan fingerprint density at radius 3 is 2.79 bits per heavy atom. The van der Waals surface area contributed by atoms with E-state index in [-0.39, 0.29) is 24.4 Å². The highest BCUT2D eigenvalue weighted by molar-refractivity contribution is 5.95. The van der Waals surface area contributed by atoms with Crippen molar-refractivity contribution < 1.29 is 14.3 Å². The molecule has 0 radical (unpaired) electrons. The van der Waals surface area contributed by atoms with Crippen molar-refractivity contribution in [2.75, 3.05) is 26.8 Å². The highest BCUT2D eigenvalue weighted by atomic mass is 35.5. The zero-order valence-electron chi connectivity index (χ0n) is 17.1. The molecular formula is C22H30ClN3O3. The van der Waals surface area contributed by atoms with Crippen LogP contribution in [0, 0.1) is 0 Å². The first-order valence-corrected chi connectivity index (χ1v) is 9.95. The molecule has 6 nitrogen and oxygen atoms in total. The summed E-state index contributed by atoms with van der Waals surface area (Å²) in [5.41, 5.74) is 1.50. The monoisotopic (exact) mass is 419 g/mol. The summed E-state index contributed by atoms with van der Waals surface area (Å²) in [4.78, 5) is 19.9. The molecule has 1 saturated heterocycles. The zero-order chi connectivity index (χ0) is 19.8. The lowest BCUT2D eigenvalue weighted by Crippen LogP contribution is -2.40. The molecule has 1 aromatic heterocycles. The Bertz CT molecular complexity index is 765. The number of ether oxygens (including phenoxy) is 2. The maximum atomic E-state index is 13.5. The number of nitrogens with zero attached hydrogens (tertiary/aromatic N) is 2. The maximum absolute atomic E-state index is 13.5. The first kappa shape index (κ1) is 23.0. The SMILES string of the molecule is CCOc1ccc(C(=O)N(Cc2ccccn2)C2CCCNCC2)cc1OC.Cl. The van der Waals surface area contributed by atoms with Crippen LogP contribution >= 0.6 is 12.4 Å². The summed E-state index contributed by atoms with van der Waals surface area (Å²) in [6.45, 7) is 4.89. The van der Waals surface area contributed by atoms with Gasteiger partial charge in [-0.05, 0) is 69.6 Å². The van der Waals surface area contributed by atoms with Gasteiger partial charge in [0, 0.05) is 17.8 Å². The largest absolute Gasteiger partial charge is 0.493 e. The lowest BCUT2D eigenvalue weighted by Gasteiger charge is -2.31. The van der Waals surface area contributed by atoms with E-state index in [1.165, 1.54) is 0 Å². The molecule has 0 saturated carbocycles. The van der Waals surface area contributed by atoms with Gasteiger partial charge in [-0.25, -0.2) is 0 Å². The van der Waals surface area contributed by atoms with Crippen LogP contribution in [0.25, 0.3) is 0 Å². The van der Waals surface area contributed by atoms with E-state index in [1.54, 1.807) is 19.4 Å². The van der Waals surface area contributed by atoms with Gasteiger partial charge >= 0.3 is 0 Å². The Morgan fingerprint density at radius 2 is 2.07 bits per heavy atom. The molecular weight excluding hydrogens is 390 g/mol. The van der Waals surface area contributed by atoms with Crippen molar-refractivity contribution in [3.63, 3.8) is 0 Å². The van der Waals surface area contributed by atoms with Gasteiger partial charge in [-0.3, -0.25) is 9.78 Å². The first-order chi connectivity index (χ1) is 13.7. The number of amides is 1. The molecule has 2 aromatic rings. The van der Waals surface area contributed by atoms with Crippen LogP contribution in [0.4, 0.5) is 0 Å². The standard InChI is InChI=1S/C22H29N3O3.ClH/c1-3-28-20-10-9-17(15-21(20)27-2)22(26)25(16-18-7-4-5-13-24-18)19-8-6-12-23-14-11-19;/h4-5,7,9-10,13,15,19,23H,3,6,8,11-12,14,16H2,1-2H3;1H. The van der Waals surface area contributed by atoms with Crippen LogP contribution in [0.15, 0.2) is 42.6 Å². The lowest BCUT2D eigenvalue weighted by atomic mass is 10.0. The molecule has 0 bridgehead atoms. The van der Waals surface area contributed by atoms with Gasteiger partial charge in [0.25, 0.3) is 5.91 Å². The van der Waals surface area contributed by atoms with Crippen molar-refractivity contribution >= 4 is 18.3 Å². The van der Waals surface area contributed by atoms with Crippen LogP contribution in [0.5, 0.6) is 11.5 Å². The summed E-state index contributed by atoms with van der Waals surface area (Å²) < 4.78 is 11.0. The minimum atomic E-state index is -0.00102. The van der Waals surface area contributed by atoms with Crippen molar-refractivity contribution in [2.45, 2.75) is 38.8 Å². The smallest absolute Gasteiger partial charge is 0.254 e. The summed E-state index contributed by atoms with van der Waals surface area (Å²) in [6.07, 6.45) is 4.75. The molecule has 1 aliphatic rings. The number of hydrogen-bond acceptors (Lipinski definition) is 5. The molecule has 1 fully saturated rings. The van der Waals surface area contributed by atoms with E-state index in [1.807, 2.05) is 42.2 Å². The Balaban J connectivity index is 0.00000300. The number of benzene rings is 1. The number of carbonyl (C=O) groups is 1. The fourth-order valence-electron chi connectivity index (χ4n) is 3.59. The molecule has 0 spiro atoms. The second-order valence-electron chi connectivity index (χ2n) is 6.89. The number of rotatable bonds is 7. The lowest BCUT2D eigenvalue weighted by molar-refractivity contribution is 0.0642. The van der Waals surface area contributed by atoms with Gasteiger partial charge < -0.3 is 19.7 Å². The fourth-order valence-corrected chi connectivity index (χ4v) is 3.59. The molecule has 1 amide bonds. The summed E-state index contributed by atoms with van der Waals surface area (Å²) in [5.74, 6) is 1.23. The summed E-state index contributed by atoms with van der Waals surface area (Å²) in [6, 6.07) is 11.4. The molecule has 1 atom stereocenters. The molecule has 1 aliphatic heterocycles. The molecule has 1 unspecified atom stereocenters. The van der Waals surface area contributed by atoms with Gasteiger partial charge in [0.2, 0.25) is 0 Å². The van der Waals surface area contributed by atoms with Crippen LogP contribution in [0.1, 0.15) is 42.2 Å². The van der Waals surface area contributed by atoms with Gasteiger partial charge in [0.15, 0.2) is 11.5 Å². The average Bonchev–Trinajstić information content (AvgIpc) is 3.02. The summed E-state index contributed by atoms with van der Waals surface area (Å²) in [7, 11) is 1.59.